The van der Waals surface area contributed by atoms with E-state index in [0.29, 0.717) is 6.61 Å². The zero-order valence-electron chi connectivity index (χ0n) is 8.16. The molecule has 0 unspecified atom stereocenters. The van der Waals surface area contributed by atoms with Gasteiger partial charge in [-0.05, 0) is 12.1 Å². The molecule has 0 saturated carbocycles. The predicted molar refractivity (Wildman–Crippen MR) is 56.5 cm³/mol. The average molecular weight is 177 g/mol. The molecule has 13 heavy (non-hydrogen) atoms. The van der Waals surface area contributed by atoms with E-state index in [0.717, 1.165) is 11.4 Å². The van der Waals surface area contributed by atoms with Gasteiger partial charge >= 0.3 is 0 Å². The molecule has 0 fully saturated rings. The van der Waals surface area contributed by atoms with Crippen LogP contribution in [-0.2, 0) is 0 Å². The minimum Gasteiger partial charge on any atom is -0.489 e. The van der Waals surface area contributed by atoms with Crippen molar-refractivity contribution in [1.82, 2.24) is 0 Å². The second kappa shape index (κ2) is 4.55. The third-order valence-corrected chi connectivity index (χ3v) is 1.70. The molecule has 70 valence electrons. The summed E-state index contributed by atoms with van der Waals surface area (Å²) in [5.41, 5.74) is 1.14. The van der Waals surface area contributed by atoms with E-state index in [2.05, 4.69) is 6.58 Å². The van der Waals surface area contributed by atoms with Gasteiger partial charge in [-0.25, -0.2) is 0 Å². The minimum absolute atomic E-state index is 0.552. The van der Waals surface area contributed by atoms with Crippen LogP contribution in [0.15, 0.2) is 36.9 Å². The molecule has 1 aromatic carbocycles. The Hall–Kier alpha value is -1.44. The second-order valence-electron chi connectivity index (χ2n) is 2.99. The molecule has 0 amide bonds. The van der Waals surface area contributed by atoms with Crippen LogP contribution in [0.4, 0.5) is 5.69 Å². The zero-order chi connectivity index (χ0) is 9.68. The van der Waals surface area contributed by atoms with Crippen LogP contribution in [0.2, 0.25) is 0 Å². The molecule has 0 aliphatic heterocycles. The fraction of sp³-hybridized carbons (Fsp3) is 0.273. The molecule has 0 N–H and O–H groups in total. The molecule has 0 heterocycles. The summed E-state index contributed by atoms with van der Waals surface area (Å²) in [6.45, 7) is 4.15. The van der Waals surface area contributed by atoms with Gasteiger partial charge in [0, 0.05) is 25.8 Å². The Morgan fingerprint density at radius 1 is 1.46 bits per heavy atom. The third-order valence-electron chi connectivity index (χ3n) is 1.70. The Bertz CT molecular complexity index is 281. The van der Waals surface area contributed by atoms with Crippen molar-refractivity contribution < 1.29 is 4.74 Å². The summed E-state index contributed by atoms with van der Waals surface area (Å²) in [5, 5.41) is 0. The predicted octanol–water partition coefficient (Wildman–Crippen LogP) is 2.32. The topological polar surface area (TPSA) is 12.5 Å². The van der Waals surface area contributed by atoms with Gasteiger partial charge in [0.25, 0.3) is 0 Å². The molecule has 0 aromatic heterocycles. The van der Waals surface area contributed by atoms with Gasteiger partial charge in [0.15, 0.2) is 0 Å². The number of anilines is 1. The summed E-state index contributed by atoms with van der Waals surface area (Å²) >= 11 is 0. The quantitative estimate of drug-likeness (QED) is 0.654. The third kappa shape index (κ3) is 2.82. The van der Waals surface area contributed by atoms with Crippen LogP contribution in [0.3, 0.4) is 0 Å². The van der Waals surface area contributed by atoms with Gasteiger partial charge in [0.2, 0.25) is 0 Å². The Labute approximate surface area is 79.4 Å². The molecule has 1 aromatic rings. The number of nitrogens with zero attached hydrogens (tertiary/aromatic N) is 1. The highest BCUT2D eigenvalue weighted by Gasteiger charge is 1.96. The Morgan fingerprint density at radius 2 is 2.23 bits per heavy atom. The molecular formula is C11H15NO. The van der Waals surface area contributed by atoms with E-state index in [4.69, 9.17) is 4.74 Å². The summed E-state index contributed by atoms with van der Waals surface area (Å²) in [6.07, 6.45) is 1.74. The Morgan fingerprint density at radius 3 is 2.85 bits per heavy atom. The van der Waals surface area contributed by atoms with Crippen LogP contribution in [0, 0.1) is 0 Å². The van der Waals surface area contributed by atoms with E-state index in [-0.39, 0.29) is 0 Å². The number of ether oxygens (including phenoxy) is 1. The lowest BCUT2D eigenvalue weighted by atomic mass is 10.3. The lowest BCUT2D eigenvalue weighted by Gasteiger charge is -2.13. The van der Waals surface area contributed by atoms with Gasteiger partial charge < -0.3 is 9.64 Å². The minimum atomic E-state index is 0.552. The maximum atomic E-state index is 5.40. The number of hydrogen-bond donors (Lipinski definition) is 0. The van der Waals surface area contributed by atoms with Crippen LogP contribution in [0.1, 0.15) is 0 Å². The van der Waals surface area contributed by atoms with Crippen LogP contribution in [0.5, 0.6) is 5.75 Å². The largest absolute Gasteiger partial charge is 0.489 e. The van der Waals surface area contributed by atoms with Gasteiger partial charge in [-0.2, -0.15) is 0 Å². The summed E-state index contributed by atoms with van der Waals surface area (Å²) in [6, 6.07) is 7.97. The molecule has 0 saturated heterocycles. The highest BCUT2D eigenvalue weighted by Crippen LogP contribution is 2.18. The molecule has 0 radical (unpaired) electrons. The first-order valence-corrected chi connectivity index (χ1v) is 4.25. The zero-order valence-corrected chi connectivity index (χ0v) is 8.16. The first kappa shape index (κ1) is 9.65. The van der Waals surface area contributed by atoms with E-state index in [1.165, 1.54) is 0 Å². The summed E-state index contributed by atoms with van der Waals surface area (Å²) in [4.78, 5) is 2.04. The van der Waals surface area contributed by atoms with Crippen LogP contribution in [0.25, 0.3) is 0 Å². The van der Waals surface area contributed by atoms with Crippen LogP contribution in [-0.4, -0.2) is 20.7 Å². The average Bonchev–Trinajstić information content (AvgIpc) is 2.15. The second-order valence-corrected chi connectivity index (χ2v) is 2.99. The SMILES string of the molecule is C=CCOc1cccc(N(C)C)c1. The fourth-order valence-electron chi connectivity index (χ4n) is 1.01. The number of rotatable bonds is 4. The lowest BCUT2D eigenvalue weighted by molar-refractivity contribution is 0.363. The number of hydrogen-bond acceptors (Lipinski definition) is 2. The maximum absolute atomic E-state index is 5.40. The van der Waals surface area contributed by atoms with Gasteiger partial charge in [-0.1, -0.05) is 18.7 Å². The van der Waals surface area contributed by atoms with Crippen molar-refractivity contribution in [3.05, 3.63) is 36.9 Å². The van der Waals surface area contributed by atoms with Crippen LogP contribution >= 0.6 is 0 Å². The molecule has 0 bridgehead atoms. The van der Waals surface area contributed by atoms with E-state index >= 15 is 0 Å². The van der Waals surface area contributed by atoms with Crippen molar-refractivity contribution in [2.24, 2.45) is 0 Å². The van der Waals surface area contributed by atoms with Crippen molar-refractivity contribution in [3.63, 3.8) is 0 Å². The molecule has 2 heteroatoms. The fourth-order valence-corrected chi connectivity index (χ4v) is 1.01. The van der Waals surface area contributed by atoms with Gasteiger partial charge in [-0.3, -0.25) is 0 Å². The summed E-state index contributed by atoms with van der Waals surface area (Å²) < 4.78 is 5.40. The number of benzene rings is 1. The standard InChI is InChI=1S/C11H15NO/c1-4-8-13-11-7-5-6-10(9-11)12(2)3/h4-7,9H,1,8H2,2-3H3. The maximum Gasteiger partial charge on any atom is 0.121 e. The van der Waals surface area contributed by atoms with E-state index in [1.54, 1.807) is 6.08 Å². The first-order valence-electron chi connectivity index (χ1n) is 4.25. The van der Waals surface area contributed by atoms with Crippen molar-refractivity contribution in [1.29, 1.82) is 0 Å². The monoisotopic (exact) mass is 177 g/mol. The normalized spacial score (nSPS) is 9.38. The molecule has 1 rings (SSSR count). The lowest BCUT2D eigenvalue weighted by Crippen LogP contribution is -2.08. The molecule has 0 spiro atoms. The molecule has 2 nitrogen and oxygen atoms in total. The van der Waals surface area contributed by atoms with E-state index < -0.39 is 0 Å². The first-order chi connectivity index (χ1) is 6.24. The molecule has 0 atom stereocenters. The van der Waals surface area contributed by atoms with Crippen molar-refractivity contribution >= 4 is 5.69 Å². The molecule has 0 aliphatic carbocycles. The highest BCUT2D eigenvalue weighted by atomic mass is 16.5. The van der Waals surface area contributed by atoms with Gasteiger partial charge in [-0.15, -0.1) is 0 Å². The van der Waals surface area contributed by atoms with Crippen molar-refractivity contribution in [2.45, 2.75) is 0 Å². The van der Waals surface area contributed by atoms with E-state index in [1.807, 2.05) is 43.3 Å². The van der Waals surface area contributed by atoms with Crippen molar-refractivity contribution in [2.75, 3.05) is 25.6 Å². The summed E-state index contributed by atoms with van der Waals surface area (Å²) in [5.74, 6) is 0.881. The smallest absolute Gasteiger partial charge is 0.121 e. The van der Waals surface area contributed by atoms with Gasteiger partial charge in [0.05, 0.1) is 0 Å². The van der Waals surface area contributed by atoms with E-state index in [9.17, 15) is 0 Å². The molecule has 0 aliphatic rings. The van der Waals surface area contributed by atoms with Crippen molar-refractivity contribution in [3.8, 4) is 5.75 Å². The van der Waals surface area contributed by atoms with Crippen LogP contribution < -0.4 is 9.64 Å². The Kier molecular flexibility index (Phi) is 3.38. The molecular weight excluding hydrogens is 162 g/mol. The summed E-state index contributed by atoms with van der Waals surface area (Å²) in [7, 11) is 4.01. The highest BCUT2D eigenvalue weighted by molar-refractivity contribution is 5.49. The van der Waals surface area contributed by atoms with Gasteiger partial charge in [0.1, 0.15) is 12.4 Å². The Balaban J connectivity index is 2.73.